The van der Waals surface area contributed by atoms with Gasteiger partial charge in [0.05, 0.1) is 11.1 Å². The number of imide groups is 1. The molecule has 2 aliphatic rings. The molecule has 0 fully saturated rings. The first-order valence-electron chi connectivity index (χ1n) is 11.7. The fourth-order valence-electron chi connectivity index (χ4n) is 4.66. The molecule has 3 amide bonds. The summed E-state index contributed by atoms with van der Waals surface area (Å²) in [5.74, 6) is -2.92. The third kappa shape index (κ3) is 4.00. The lowest BCUT2D eigenvalue weighted by Gasteiger charge is -2.23. The molecule has 1 heterocycles. The van der Waals surface area contributed by atoms with E-state index in [-0.39, 0.29) is 23.7 Å². The van der Waals surface area contributed by atoms with E-state index in [9.17, 15) is 19.2 Å². The highest BCUT2D eigenvalue weighted by Crippen LogP contribution is 2.44. The van der Waals surface area contributed by atoms with Gasteiger partial charge in [-0.25, -0.2) is 9.59 Å². The van der Waals surface area contributed by atoms with E-state index >= 15 is 0 Å². The number of nitrogens with zero attached hydrogens (tertiary/aromatic N) is 1. The maximum absolute atomic E-state index is 12.9. The number of nitrogens with one attached hydrogen (secondary N) is 1. The van der Waals surface area contributed by atoms with E-state index in [2.05, 4.69) is 5.32 Å². The number of hydrogen-bond acceptors (Lipinski definition) is 6. The fraction of sp³-hybridized carbons (Fsp3) is 0.214. The molecule has 0 saturated heterocycles. The van der Waals surface area contributed by atoms with Crippen molar-refractivity contribution < 1.29 is 28.8 Å². The Kier molecular flexibility index (Phi) is 6.01. The lowest BCUT2D eigenvalue weighted by atomic mass is 9.98. The van der Waals surface area contributed by atoms with Gasteiger partial charge in [-0.2, -0.15) is 0 Å². The third-order valence-electron chi connectivity index (χ3n) is 6.48. The maximum atomic E-state index is 12.9. The molecule has 1 aliphatic carbocycles. The van der Waals surface area contributed by atoms with Gasteiger partial charge in [0.15, 0.2) is 0 Å². The second-order valence-electron chi connectivity index (χ2n) is 9.05. The van der Waals surface area contributed by atoms with Crippen LogP contribution in [0, 0.1) is 5.92 Å². The molecule has 0 bridgehead atoms. The van der Waals surface area contributed by atoms with Crippen molar-refractivity contribution in [2.45, 2.75) is 25.8 Å². The minimum Gasteiger partial charge on any atom is -0.449 e. The van der Waals surface area contributed by atoms with E-state index in [1.807, 2.05) is 48.5 Å². The fourth-order valence-corrected chi connectivity index (χ4v) is 4.66. The van der Waals surface area contributed by atoms with Crippen molar-refractivity contribution in [1.82, 2.24) is 10.4 Å². The number of rotatable bonds is 6. The van der Waals surface area contributed by atoms with Crippen molar-refractivity contribution in [3.63, 3.8) is 0 Å². The number of ether oxygens (including phenoxy) is 1. The van der Waals surface area contributed by atoms with E-state index in [1.54, 1.807) is 26.0 Å². The molecule has 8 nitrogen and oxygen atoms in total. The predicted octanol–water partition coefficient (Wildman–Crippen LogP) is 4.30. The molecule has 182 valence electrons. The smallest absolute Gasteiger partial charge is 0.407 e. The largest absolute Gasteiger partial charge is 0.449 e. The molecule has 5 rings (SSSR count). The Morgan fingerprint density at radius 1 is 0.806 bits per heavy atom. The molecule has 3 aromatic carbocycles. The number of carbonyl (C=O) groups excluding carboxylic acids is 4. The van der Waals surface area contributed by atoms with Gasteiger partial charge >= 0.3 is 12.1 Å². The number of hydroxylamine groups is 2. The second-order valence-corrected chi connectivity index (χ2v) is 9.05. The number of benzene rings is 3. The van der Waals surface area contributed by atoms with Crippen LogP contribution in [0.5, 0.6) is 0 Å². The summed E-state index contributed by atoms with van der Waals surface area (Å²) >= 11 is 0. The van der Waals surface area contributed by atoms with E-state index < -0.39 is 35.8 Å². The van der Waals surface area contributed by atoms with Crippen LogP contribution < -0.4 is 5.32 Å². The Hall–Kier alpha value is -4.46. The van der Waals surface area contributed by atoms with Crippen LogP contribution in [0.15, 0.2) is 72.8 Å². The first-order chi connectivity index (χ1) is 17.4. The van der Waals surface area contributed by atoms with Gasteiger partial charge in [0, 0.05) is 5.92 Å². The normalized spacial score (nSPS) is 14.8. The van der Waals surface area contributed by atoms with Gasteiger partial charge in [-0.15, -0.1) is 0 Å². The van der Waals surface area contributed by atoms with E-state index in [4.69, 9.17) is 9.57 Å². The summed E-state index contributed by atoms with van der Waals surface area (Å²) in [6, 6.07) is 21.0. The van der Waals surface area contributed by atoms with Crippen LogP contribution in [0.1, 0.15) is 51.6 Å². The number of hydrogen-bond donors (Lipinski definition) is 1. The molecule has 0 radical (unpaired) electrons. The molecular weight excluding hydrogens is 460 g/mol. The summed E-state index contributed by atoms with van der Waals surface area (Å²) in [5.41, 5.74) is 4.65. The Morgan fingerprint density at radius 2 is 1.28 bits per heavy atom. The summed E-state index contributed by atoms with van der Waals surface area (Å²) in [6.45, 7) is 3.49. The molecule has 0 unspecified atom stereocenters. The minimum absolute atomic E-state index is 0.0815. The van der Waals surface area contributed by atoms with Crippen molar-refractivity contribution in [2.75, 3.05) is 6.61 Å². The summed E-state index contributed by atoms with van der Waals surface area (Å²) in [7, 11) is 0. The van der Waals surface area contributed by atoms with E-state index in [1.165, 1.54) is 12.1 Å². The minimum atomic E-state index is -1.13. The molecule has 8 heteroatoms. The Labute approximate surface area is 207 Å². The van der Waals surface area contributed by atoms with Gasteiger partial charge in [-0.3, -0.25) is 9.59 Å². The molecule has 1 atom stereocenters. The van der Waals surface area contributed by atoms with Gasteiger partial charge in [-0.1, -0.05) is 79.6 Å². The van der Waals surface area contributed by atoms with E-state index in [0.29, 0.717) is 5.06 Å². The van der Waals surface area contributed by atoms with Crippen LogP contribution in [0.3, 0.4) is 0 Å². The Bertz CT molecular complexity index is 1300. The summed E-state index contributed by atoms with van der Waals surface area (Å²) in [4.78, 5) is 55.8. The quantitative estimate of drug-likeness (QED) is 0.524. The van der Waals surface area contributed by atoms with Crippen LogP contribution in [0.25, 0.3) is 11.1 Å². The SMILES string of the molecule is CC(C)[C@H](NC(=O)OCC1c2ccccc2-c2ccccc21)C(=O)ON1C(=O)c2ccccc2C1=O. The van der Waals surface area contributed by atoms with Gasteiger partial charge in [0.25, 0.3) is 11.8 Å². The predicted molar refractivity (Wildman–Crippen MR) is 130 cm³/mol. The third-order valence-corrected chi connectivity index (χ3v) is 6.48. The molecule has 0 aromatic heterocycles. The van der Waals surface area contributed by atoms with Gasteiger partial charge in [0.2, 0.25) is 0 Å². The summed E-state index contributed by atoms with van der Waals surface area (Å²) in [5, 5.41) is 2.96. The molecule has 3 aromatic rings. The van der Waals surface area contributed by atoms with Gasteiger partial charge < -0.3 is 14.9 Å². The molecule has 0 saturated carbocycles. The van der Waals surface area contributed by atoms with Crippen molar-refractivity contribution >= 4 is 23.9 Å². The van der Waals surface area contributed by atoms with Crippen LogP contribution >= 0.6 is 0 Å². The van der Waals surface area contributed by atoms with Crippen molar-refractivity contribution in [3.8, 4) is 11.1 Å². The Morgan fingerprint density at radius 3 is 1.78 bits per heavy atom. The van der Waals surface area contributed by atoms with Crippen LogP contribution in [0.4, 0.5) is 4.79 Å². The average Bonchev–Trinajstić information content (AvgIpc) is 3.33. The first-order valence-corrected chi connectivity index (χ1v) is 11.7. The topological polar surface area (TPSA) is 102 Å². The lowest BCUT2D eigenvalue weighted by Crippen LogP contribution is -2.48. The van der Waals surface area contributed by atoms with Gasteiger partial charge in [0.1, 0.15) is 12.6 Å². The first kappa shape index (κ1) is 23.3. The number of fused-ring (bicyclic) bond motifs is 4. The molecule has 1 aliphatic heterocycles. The Balaban J connectivity index is 1.25. The summed E-state index contributed by atoms with van der Waals surface area (Å²) in [6.07, 6.45) is -0.796. The van der Waals surface area contributed by atoms with E-state index in [0.717, 1.165) is 22.3 Å². The number of amides is 3. The molecular formula is C28H24N2O6. The zero-order valence-corrected chi connectivity index (χ0v) is 19.8. The van der Waals surface area contributed by atoms with Crippen LogP contribution in [-0.2, 0) is 14.4 Å². The zero-order chi connectivity index (χ0) is 25.4. The van der Waals surface area contributed by atoms with Crippen molar-refractivity contribution in [2.24, 2.45) is 5.92 Å². The van der Waals surface area contributed by atoms with Gasteiger partial charge in [-0.05, 0) is 40.3 Å². The highest BCUT2D eigenvalue weighted by molar-refractivity contribution is 6.21. The number of carbonyl (C=O) groups is 4. The van der Waals surface area contributed by atoms with Crippen molar-refractivity contribution in [3.05, 3.63) is 95.1 Å². The molecule has 0 spiro atoms. The standard InChI is InChI=1S/C28H24N2O6/c1-16(2)24(27(33)36-30-25(31)21-13-7-8-14-22(21)26(30)32)29-28(34)35-15-23-19-11-5-3-9-17(19)18-10-4-6-12-20(18)23/h3-14,16,23-24H,15H2,1-2H3,(H,29,34)/t24-/m0/s1. The van der Waals surface area contributed by atoms with Crippen molar-refractivity contribution in [1.29, 1.82) is 0 Å². The van der Waals surface area contributed by atoms with Crippen LogP contribution in [-0.4, -0.2) is 41.6 Å². The highest BCUT2D eigenvalue weighted by atomic mass is 16.7. The number of alkyl carbamates (subject to hydrolysis) is 1. The summed E-state index contributed by atoms with van der Waals surface area (Å²) < 4.78 is 5.53. The second kappa shape index (κ2) is 9.30. The monoisotopic (exact) mass is 484 g/mol. The lowest BCUT2D eigenvalue weighted by molar-refractivity contribution is -0.172. The zero-order valence-electron chi connectivity index (χ0n) is 19.8. The maximum Gasteiger partial charge on any atom is 0.407 e. The van der Waals surface area contributed by atoms with Crippen LogP contribution in [0.2, 0.25) is 0 Å². The average molecular weight is 485 g/mol. The molecule has 1 N–H and O–H groups in total. The molecule has 36 heavy (non-hydrogen) atoms. The highest BCUT2D eigenvalue weighted by Gasteiger charge is 2.40.